The smallest absolute Gasteiger partial charge is 0.329 e. The van der Waals surface area contributed by atoms with E-state index in [9.17, 15) is 19.5 Å². The number of carbonyl (C=O) groups excluding carboxylic acids is 2. The SMILES string of the molecule is CCN(C(=O)N1CCC(C(N)=O)CC1)C(C)(C)C(=O)O. The Bertz CT molecular complexity index is 400. The van der Waals surface area contributed by atoms with Crippen molar-refractivity contribution in [3.05, 3.63) is 0 Å². The van der Waals surface area contributed by atoms with E-state index < -0.39 is 11.5 Å². The van der Waals surface area contributed by atoms with E-state index in [4.69, 9.17) is 5.73 Å². The van der Waals surface area contributed by atoms with Gasteiger partial charge in [-0.3, -0.25) is 4.79 Å². The van der Waals surface area contributed by atoms with Gasteiger partial charge in [-0.25, -0.2) is 9.59 Å². The van der Waals surface area contributed by atoms with Crippen molar-refractivity contribution in [3.8, 4) is 0 Å². The molecule has 1 rings (SSSR count). The Morgan fingerprint density at radius 1 is 1.30 bits per heavy atom. The highest BCUT2D eigenvalue weighted by Crippen LogP contribution is 2.22. The molecule has 7 nitrogen and oxygen atoms in total. The third kappa shape index (κ3) is 3.20. The molecule has 1 heterocycles. The summed E-state index contributed by atoms with van der Waals surface area (Å²) in [5, 5.41) is 9.23. The number of rotatable bonds is 4. The summed E-state index contributed by atoms with van der Waals surface area (Å²) < 4.78 is 0. The molecule has 20 heavy (non-hydrogen) atoms. The van der Waals surface area contributed by atoms with Crippen molar-refractivity contribution in [2.45, 2.75) is 39.2 Å². The molecule has 0 spiro atoms. The third-order valence-corrected chi connectivity index (χ3v) is 3.91. The third-order valence-electron chi connectivity index (χ3n) is 3.91. The summed E-state index contributed by atoms with van der Waals surface area (Å²) in [6, 6.07) is -0.303. The van der Waals surface area contributed by atoms with E-state index in [1.807, 2.05) is 0 Å². The Balaban J connectivity index is 2.74. The van der Waals surface area contributed by atoms with Gasteiger partial charge in [0.2, 0.25) is 5.91 Å². The summed E-state index contributed by atoms with van der Waals surface area (Å²) in [6.07, 6.45) is 1.07. The van der Waals surface area contributed by atoms with Gasteiger partial charge in [-0.2, -0.15) is 0 Å². The fraction of sp³-hybridized carbons (Fsp3) is 0.769. The highest BCUT2D eigenvalue weighted by atomic mass is 16.4. The standard InChI is InChI=1S/C13H23N3O4/c1-4-16(13(2,3)11(18)19)12(20)15-7-5-9(6-8-15)10(14)17/h9H,4-8H2,1-3H3,(H2,14,17)(H,18,19). The second-order valence-electron chi connectivity index (χ2n) is 5.55. The maximum atomic E-state index is 12.4. The lowest BCUT2D eigenvalue weighted by molar-refractivity contribution is -0.147. The molecule has 7 heteroatoms. The zero-order chi connectivity index (χ0) is 15.5. The van der Waals surface area contributed by atoms with Crippen LogP contribution in [0.2, 0.25) is 0 Å². The van der Waals surface area contributed by atoms with Crippen LogP contribution in [0.15, 0.2) is 0 Å². The minimum absolute atomic E-state index is 0.193. The number of carboxylic acids is 1. The molecule has 0 radical (unpaired) electrons. The number of hydrogen-bond acceptors (Lipinski definition) is 3. The van der Waals surface area contributed by atoms with Gasteiger partial charge in [-0.1, -0.05) is 0 Å². The normalized spacial score (nSPS) is 16.9. The van der Waals surface area contributed by atoms with Crippen LogP contribution in [0.3, 0.4) is 0 Å². The zero-order valence-electron chi connectivity index (χ0n) is 12.3. The largest absolute Gasteiger partial charge is 0.480 e. The topological polar surface area (TPSA) is 104 Å². The Hall–Kier alpha value is -1.79. The van der Waals surface area contributed by atoms with E-state index in [2.05, 4.69) is 0 Å². The van der Waals surface area contributed by atoms with Crippen LogP contribution >= 0.6 is 0 Å². The fourth-order valence-electron chi connectivity index (χ4n) is 2.41. The predicted octanol–water partition coefficient (Wildman–Crippen LogP) is 0.489. The number of urea groups is 1. The predicted molar refractivity (Wildman–Crippen MR) is 73.0 cm³/mol. The highest BCUT2D eigenvalue weighted by Gasteiger charge is 2.39. The Kier molecular flexibility index (Phi) is 4.97. The first kappa shape index (κ1) is 16.3. The molecule has 0 aromatic heterocycles. The maximum absolute atomic E-state index is 12.4. The van der Waals surface area contributed by atoms with Gasteiger partial charge in [0.25, 0.3) is 0 Å². The number of carboxylic acid groups (broad SMARTS) is 1. The van der Waals surface area contributed by atoms with Crippen LogP contribution in [-0.4, -0.2) is 58.0 Å². The average Bonchev–Trinajstić information content (AvgIpc) is 2.39. The maximum Gasteiger partial charge on any atom is 0.329 e. The van der Waals surface area contributed by atoms with Gasteiger partial charge in [0.1, 0.15) is 5.54 Å². The molecule has 0 aromatic carbocycles. The first-order chi connectivity index (χ1) is 9.21. The molecule has 0 aromatic rings. The first-order valence-electron chi connectivity index (χ1n) is 6.81. The van der Waals surface area contributed by atoms with E-state index in [1.165, 1.54) is 18.7 Å². The van der Waals surface area contributed by atoms with E-state index in [1.54, 1.807) is 11.8 Å². The van der Waals surface area contributed by atoms with Crippen LogP contribution in [-0.2, 0) is 9.59 Å². The van der Waals surface area contributed by atoms with Crippen LogP contribution in [0.5, 0.6) is 0 Å². The quantitative estimate of drug-likeness (QED) is 0.784. The number of carbonyl (C=O) groups is 3. The number of likely N-dealkylation sites (tertiary alicyclic amines) is 1. The molecule has 0 aliphatic carbocycles. The van der Waals surface area contributed by atoms with Gasteiger partial charge in [0.15, 0.2) is 0 Å². The van der Waals surface area contributed by atoms with Crippen molar-refractivity contribution in [3.63, 3.8) is 0 Å². The number of primary amides is 1. The average molecular weight is 285 g/mol. The number of aliphatic carboxylic acids is 1. The number of nitrogens with zero attached hydrogens (tertiary/aromatic N) is 2. The van der Waals surface area contributed by atoms with Crippen molar-refractivity contribution in [1.82, 2.24) is 9.80 Å². The summed E-state index contributed by atoms with van der Waals surface area (Å²) in [6.45, 7) is 5.93. The van der Waals surface area contributed by atoms with E-state index >= 15 is 0 Å². The fourth-order valence-corrected chi connectivity index (χ4v) is 2.41. The molecule has 0 saturated carbocycles. The Labute approximate surface area is 118 Å². The molecule has 3 amide bonds. The lowest BCUT2D eigenvalue weighted by Crippen LogP contribution is -2.58. The molecule has 1 saturated heterocycles. The van der Waals surface area contributed by atoms with Crippen molar-refractivity contribution >= 4 is 17.9 Å². The van der Waals surface area contributed by atoms with E-state index in [0.29, 0.717) is 32.5 Å². The molecule has 0 atom stereocenters. The summed E-state index contributed by atoms with van der Waals surface area (Å²) >= 11 is 0. The van der Waals surface area contributed by atoms with Crippen LogP contribution in [0.1, 0.15) is 33.6 Å². The highest BCUT2D eigenvalue weighted by molar-refractivity contribution is 5.86. The molecule has 0 unspecified atom stereocenters. The summed E-state index contributed by atoms with van der Waals surface area (Å²) in [5.41, 5.74) is 4.00. The van der Waals surface area contributed by atoms with Gasteiger partial charge >= 0.3 is 12.0 Å². The minimum atomic E-state index is -1.26. The summed E-state index contributed by atoms with van der Waals surface area (Å²) in [5.74, 6) is -1.57. The molecule has 1 fully saturated rings. The van der Waals surface area contributed by atoms with Crippen LogP contribution in [0, 0.1) is 5.92 Å². The van der Waals surface area contributed by atoms with Crippen molar-refractivity contribution in [2.75, 3.05) is 19.6 Å². The first-order valence-corrected chi connectivity index (χ1v) is 6.81. The lowest BCUT2D eigenvalue weighted by atomic mass is 9.96. The lowest BCUT2D eigenvalue weighted by Gasteiger charge is -2.40. The van der Waals surface area contributed by atoms with Gasteiger partial charge in [-0.15, -0.1) is 0 Å². The molecule has 1 aliphatic heterocycles. The molecule has 0 bridgehead atoms. The molecule has 1 aliphatic rings. The van der Waals surface area contributed by atoms with E-state index in [0.717, 1.165) is 0 Å². The number of amides is 3. The van der Waals surface area contributed by atoms with Gasteiger partial charge in [0, 0.05) is 25.6 Å². The molecular weight excluding hydrogens is 262 g/mol. The second-order valence-corrected chi connectivity index (χ2v) is 5.55. The minimum Gasteiger partial charge on any atom is -0.480 e. The summed E-state index contributed by atoms with van der Waals surface area (Å²) in [7, 11) is 0. The van der Waals surface area contributed by atoms with Crippen molar-refractivity contribution < 1.29 is 19.5 Å². The Morgan fingerprint density at radius 3 is 2.15 bits per heavy atom. The van der Waals surface area contributed by atoms with E-state index in [-0.39, 0.29) is 17.9 Å². The van der Waals surface area contributed by atoms with Crippen LogP contribution in [0.4, 0.5) is 4.79 Å². The van der Waals surface area contributed by atoms with Crippen molar-refractivity contribution in [1.29, 1.82) is 0 Å². The summed E-state index contributed by atoms with van der Waals surface area (Å²) in [4.78, 5) is 37.7. The van der Waals surface area contributed by atoms with Crippen molar-refractivity contribution in [2.24, 2.45) is 11.7 Å². The molecular formula is C13H23N3O4. The number of nitrogens with two attached hydrogens (primary N) is 1. The monoisotopic (exact) mass is 285 g/mol. The van der Waals surface area contributed by atoms with Crippen LogP contribution < -0.4 is 5.73 Å². The van der Waals surface area contributed by atoms with Crippen LogP contribution in [0.25, 0.3) is 0 Å². The number of likely N-dealkylation sites (N-methyl/N-ethyl adjacent to an activating group) is 1. The molecule has 3 N–H and O–H groups in total. The Morgan fingerprint density at radius 2 is 1.80 bits per heavy atom. The van der Waals surface area contributed by atoms with Gasteiger partial charge in [0.05, 0.1) is 0 Å². The van der Waals surface area contributed by atoms with Gasteiger partial charge < -0.3 is 20.6 Å². The second kappa shape index (κ2) is 6.11. The number of hydrogen-bond donors (Lipinski definition) is 2. The van der Waals surface area contributed by atoms with Gasteiger partial charge in [-0.05, 0) is 33.6 Å². The number of piperidine rings is 1. The zero-order valence-corrected chi connectivity index (χ0v) is 12.3. The molecule has 114 valence electrons.